The summed E-state index contributed by atoms with van der Waals surface area (Å²) in [5.74, 6) is 0.593. The zero-order chi connectivity index (χ0) is 13.7. The molecule has 0 aliphatic heterocycles. The lowest BCUT2D eigenvalue weighted by Gasteiger charge is -2.07. The molecule has 0 unspecified atom stereocenters. The van der Waals surface area contributed by atoms with Gasteiger partial charge in [-0.1, -0.05) is 32.0 Å². The SMILES string of the molecule is CC(C)/C(=N\NC(=O)c1ccccc1)c1ccco1. The summed E-state index contributed by atoms with van der Waals surface area (Å²) < 4.78 is 5.31. The Morgan fingerprint density at radius 1 is 1.16 bits per heavy atom. The van der Waals surface area contributed by atoms with E-state index in [-0.39, 0.29) is 11.8 Å². The number of hydrazone groups is 1. The van der Waals surface area contributed by atoms with Crippen LogP contribution in [0.4, 0.5) is 0 Å². The fourth-order valence-corrected chi connectivity index (χ4v) is 1.66. The molecule has 0 spiro atoms. The van der Waals surface area contributed by atoms with Gasteiger partial charge in [0.15, 0.2) is 0 Å². The molecule has 98 valence electrons. The van der Waals surface area contributed by atoms with Crippen molar-refractivity contribution in [2.24, 2.45) is 11.0 Å². The van der Waals surface area contributed by atoms with Crippen LogP contribution in [-0.4, -0.2) is 11.6 Å². The average Bonchev–Trinajstić information content (AvgIpc) is 2.93. The second kappa shape index (κ2) is 6.00. The Kier molecular flexibility index (Phi) is 4.13. The molecule has 19 heavy (non-hydrogen) atoms. The largest absolute Gasteiger partial charge is 0.463 e. The van der Waals surface area contributed by atoms with Crippen LogP contribution in [0.2, 0.25) is 0 Å². The van der Waals surface area contributed by atoms with Gasteiger partial charge in [-0.15, -0.1) is 0 Å². The third-order valence-electron chi connectivity index (χ3n) is 2.63. The second-order valence-corrected chi connectivity index (χ2v) is 4.44. The highest BCUT2D eigenvalue weighted by atomic mass is 16.3. The fraction of sp³-hybridized carbons (Fsp3) is 0.200. The molecule has 0 fully saturated rings. The van der Waals surface area contributed by atoms with Gasteiger partial charge in [-0.05, 0) is 24.3 Å². The lowest BCUT2D eigenvalue weighted by Crippen LogP contribution is -2.21. The number of rotatable bonds is 4. The van der Waals surface area contributed by atoms with Crippen LogP contribution < -0.4 is 5.43 Å². The Balaban J connectivity index is 2.14. The van der Waals surface area contributed by atoms with E-state index in [2.05, 4.69) is 10.5 Å². The number of amides is 1. The van der Waals surface area contributed by atoms with Gasteiger partial charge in [0.25, 0.3) is 5.91 Å². The monoisotopic (exact) mass is 256 g/mol. The van der Waals surface area contributed by atoms with Crippen molar-refractivity contribution in [2.45, 2.75) is 13.8 Å². The number of nitrogens with zero attached hydrogens (tertiary/aromatic N) is 1. The number of hydrogen-bond donors (Lipinski definition) is 1. The minimum atomic E-state index is -0.231. The summed E-state index contributed by atoms with van der Waals surface area (Å²) in [7, 11) is 0. The van der Waals surface area contributed by atoms with Crippen molar-refractivity contribution in [2.75, 3.05) is 0 Å². The van der Waals surface area contributed by atoms with Gasteiger partial charge in [0.1, 0.15) is 11.5 Å². The molecule has 2 rings (SSSR count). The van der Waals surface area contributed by atoms with Gasteiger partial charge in [-0.25, -0.2) is 5.43 Å². The molecule has 4 nitrogen and oxygen atoms in total. The Morgan fingerprint density at radius 3 is 2.47 bits per heavy atom. The second-order valence-electron chi connectivity index (χ2n) is 4.44. The number of nitrogens with one attached hydrogen (secondary N) is 1. The molecule has 0 aliphatic rings. The molecule has 0 saturated heterocycles. The summed E-state index contributed by atoms with van der Waals surface area (Å²) in [5, 5.41) is 4.17. The van der Waals surface area contributed by atoms with Gasteiger partial charge in [-0.3, -0.25) is 4.79 Å². The van der Waals surface area contributed by atoms with Crippen LogP contribution in [0.5, 0.6) is 0 Å². The van der Waals surface area contributed by atoms with Gasteiger partial charge >= 0.3 is 0 Å². The molecule has 0 aliphatic carbocycles. The summed E-state index contributed by atoms with van der Waals surface area (Å²) in [4.78, 5) is 11.9. The van der Waals surface area contributed by atoms with Gasteiger partial charge < -0.3 is 4.42 Å². The van der Waals surface area contributed by atoms with Crippen LogP contribution in [0.25, 0.3) is 0 Å². The van der Waals surface area contributed by atoms with Crippen molar-refractivity contribution in [1.82, 2.24) is 5.43 Å². The molecule has 0 atom stereocenters. The molecule has 1 heterocycles. The van der Waals surface area contributed by atoms with E-state index in [0.717, 1.165) is 0 Å². The number of furan rings is 1. The molecule has 1 N–H and O–H groups in total. The molecule has 0 bridgehead atoms. The number of carbonyl (C=O) groups is 1. The Labute approximate surface area is 112 Å². The predicted octanol–water partition coefficient (Wildman–Crippen LogP) is 3.07. The van der Waals surface area contributed by atoms with Gasteiger partial charge in [0.2, 0.25) is 0 Å². The van der Waals surface area contributed by atoms with Crippen molar-refractivity contribution >= 4 is 11.6 Å². The van der Waals surface area contributed by atoms with Crippen LogP contribution in [-0.2, 0) is 0 Å². The van der Waals surface area contributed by atoms with Crippen LogP contribution >= 0.6 is 0 Å². The van der Waals surface area contributed by atoms with Crippen LogP contribution in [0.1, 0.15) is 30.0 Å². The summed E-state index contributed by atoms with van der Waals surface area (Å²) in [6, 6.07) is 12.6. The lowest BCUT2D eigenvalue weighted by molar-refractivity contribution is 0.0954. The Morgan fingerprint density at radius 2 is 1.89 bits per heavy atom. The first-order valence-corrected chi connectivity index (χ1v) is 6.15. The van der Waals surface area contributed by atoms with E-state index in [1.807, 2.05) is 38.1 Å². The third-order valence-corrected chi connectivity index (χ3v) is 2.63. The molecule has 0 saturated carbocycles. The van der Waals surface area contributed by atoms with E-state index in [1.165, 1.54) is 0 Å². The smallest absolute Gasteiger partial charge is 0.271 e. The highest BCUT2D eigenvalue weighted by Gasteiger charge is 2.12. The Hall–Kier alpha value is -2.36. The highest BCUT2D eigenvalue weighted by Crippen LogP contribution is 2.10. The van der Waals surface area contributed by atoms with E-state index in [9.17, 15) is 4.79 Å². The average molecular weight is 256 g/mol. The van der Waals surface area contributed by atoms with Gasteiger partial charge in [0.05, 0.1) is 6.26 Å². The molecular formula is C15H16N2O2. The lowest BCUT2D eigenvalue weighted by atomic mass is 10.1. The normalized spacial score (nSPS) is 11.6. The summed E-state index contributed by atoms with van der Waals surface area (Å²) in [6.07, 6.45) is 1.59. The fourth-order valence-electron chi connectivity index (χ4n) is 1.66. The first-order valence-electron chi connectivity index (χ1n) is 6.15. The van der Waals surface area contributed by atoms with Gasteiger partial charge in [0, 0.05) is 11.5 Å². The first-order chi connectivity index (χ1) is 9.18. The van der Waals surface area contributed by atoms with Crippen LogP contribution in [0.3, 0.4) is 0 Å². The van der Waals surface area contributed by atoms with Crippen molar-refractivity contribution < 1.29 is 9.21 Å². The molecule has 1 aromatic carbocycles. The molecular weight excluding hydrogens is 240 g/mol. The predicted molar refractivity (Wildman–Crippen MR) is 74.0 cm³/mol. The number of benzene rings is 1. The summed E-state index contributed by atoms with van der Waals surface area (Å²) >= 11 is 0. The molecule has 0 radical (unpaired) electrons. The first kappa shape index (κ1) is 13.1. The maximum atomic E-state index is 11.9. The van der Waals surface area contributed by atoms with E-state index >= 15 is 0 Å². The van der Waals surface area contributed by atoms with Gasteiger partial charge in [-0.2, -0.15) is 5.10 Å². The van der Waals surface area contributed by atoms with Crippen molar-refractivity contribution in [3.05, 3.63) is 60.1 Å². The summed E-state index contributed by atoms with van der Waals surface area (Å²) in [5.41, 5.74) is 3.85. The topological polar surface area (TPSA) is 54.6 Å². The van der Waals surface area contributed by atoms with E-state index in [0.29, 0.717) is 17.0 Å². The molecule has 4 heteroatoms. The Bertz CT molecular complexity index is 557. The minimum Gasteiger partial charge on any atom is -0.463 e. The van der Waals surface area contributed by atoms with Crippen molar-refractivity contribution in [1.29, 1.82) is 0 Å². The standard InChI is InChI=1S/C15H16N2O2/c1-11(2)14(13-9-6-10-19-13)16-17-15(18)12-7-4-3-5-8-12/h3-11H,1-2H3,(H,17,18)/b16-14+. The maximum absolute atomic E-state index is 11.9. The van der Waals surface area contributed by atoms with E-state index < -0.39 is 0 Å². The maximum Gasteiger partial charge on any atom is 0.271 e. The van der Waals surface area contributed by atoms with E-state index in [4.69, 9.17) is 4.42 Å². The van der Waals surface area contributed by atoms with E-state index in [1.54, 1.807) is 24.5 Å². The van der Waals surface area contributed by atoms with Crippen LogP contribution in [0.15, 0.2) is 58.2 Å². The number of carbonyl (C=O) groups excluding carboxylic acids is 1. The molecule has 1 amide bonds. The minimum absolute atomic E-state index is 0.155. The molecule has 2 aromatic rings. The zero-order valence-corrected chi connectivity index (χ0v) is 11.0. The van der Waals surface area contributed by atoms with Crippen LogP contribution in [0, 0.1) is 5.92 Å². The summed E-state index contributed by atoms with van der Waals surface area (Å²) in [6.45, 7) is 3.99. The zero-order valence-electron chi connectivity index (χ0n) is 11.0. The third kappa shape index (κ3) is 3.31. The quantitative estimate of drug-likeness (QED) is 0.675. The van der Waals surface area contributed by atoms with Crippen molar-refractivity contribution in [3.63, 3.8) is 0 Å². The molecule has 1 aromatic heterocycles. The number of hydrogen-bond acceptors (Lipinski definition) is 3. The van der Waals surface area contributed by atoms with Crippen molar-refractivity contribution in [3.8, 4) is 0 Å². The highest BCUT2D eigenvalue weighted by molar-refractivity contribution is 6.01.